The normalized spacial score (nSPS) is 15.6. The van der Waals surface area contributed by atoms with E-state index in [1.807, 2.05) is 12.1 Å². The van der Waals surface area contributed by atoms with Crippen molar-refractivity contribution in [3.05, 3.63) is 36.0 Å². The number of benzene rings is 1. The van der Waals surface area contributed by atoms with E-state index in [-0.39, 0.29) is 0 Å². The molecule has 1 aliphatic heterocycles. The Morgan fingerprint density at radius 3 is 2.72 bits per heavy atom. The van der Waals surface area contributed by atoms with Crippen molar-refractivity contribution in [3.8, 4) is 6.07 Å². The first-order chi connectivity index (χ1) is 8.86. The van der Waals surface area contributed by atoms with E-state index in [0.29, 0.717) is 5.56 Å². The molecule has 0 atom stereocenters. The lowest BCUT2D eigenvalue weighted by atomic mass is 10.1. The maximum absolute atomic E-state index is 8.91. The first kappa shape index (κ1) is 11.0. The van der Waals surface area contributed by atoms with E-state index in [1.54, 1.807) is 6.20 Å². The molecule has 3 nitrogen and oxygen atoms in total. The standard InChI is InChI=1S/C15H15N3/c16-10-12-8-13-9-14(4-5-15(13)17-11-12)18-6-2-1-3-7-18/h4-5,8-9,11H,1-3,6-7H2. The van der Waals surface area contributed by atoms with Crippen LogP contribution in [0.1, 0.15) is 24.8 Å². The summed E-state index contributed by atoms with van der Waals surface area (Å²) in [4.78, 5) is 6.72. The Balaban J connectivity index is 2.01. The molecule has 3 heteroatoms. The third-order valence-electron chi connectivity index (χ3n) is 3.52. The Bertz CT molecular complexity index is 607. The SMILES string of the molecule is N#Cc1cnc2ccc(N3CCCCC3)cc2c1. The summed E-state index contributed by atoms with van der Waals surface area (Å²) in [5, 5.41) is 9.97. The zero-order chi connectivity index (χ0) is 12.4. The first-order valence-corrected chi connectivity index (χ1v) is 6.42. The van der Waals surface area contributed by atoms with E-state index in [0.717, 1.165) is 24.0 Å². The quantitative estimate of drug-likeness (QED) is 0.765. The van der Waals surface area contributed by atoms with Gasteiger partial charge < -0.3 is 4.90 Å². The van der Waals surface area contributed by atoms with Crippen LogP contribution in [0.4, 0.5) is 5.69 Å². The number of pyridine rings is 1. The van der Waals surface area contributed by atoms with Crippen LogP contribution in [0, 0.1) is 11.3 Å². The zero-order valence-electron chi connectivity index (χ0n) is 10.3. The predicted octanol–water partition coefficient (Wildman–Crippen LogP) is 3.10. The molecule has 2 heterocycles. The largest absolute Gasteiger partial charge is 0.372 e. The van der Waals surface area contributed by atoms with Crippen LogP contribution in [0.5, 0.6) is 0 Å². The van der Waals surface area contributed by atoms with Crippen LogP contribution >= 0.6 is 0 Å². The van der Waals surface area contributed by atoms with Crippen LogP contribution in [-0.2, 0) is 0 Å². The molecule has 0 aliphatic carbocycles. The Labute approximate surface area is 107 Å². The van der Waals surface area contributed by atoms with Crippen LogP contribution in [0.3, 0.4) is 0 Å². The lowest BCUT2D eigenvalue weighted by Crippen LogP contribution is -2.29. The number of nitrogens with zero attached hydrogens (tertiary/aromatic N) is 3. The molecule has 0 radical (unpaired) electrons. The number of piperidine rings is 1. The van der Waals surface area contributed by atoms with E-state index in [1.165, 1.54) is 24.9 Å². The number of hydrogen-bond acceptors (Lipinski definition) is 3. The van der Waals surface area contributed by atoms with Gasteiger partial charge in [0.1, 0.15) is 6.07 Å². The summed E-state index contributed by atoms with van der Waals surface area (Å²) in [5.41, 5.74) is 2.83. The van der Waals surface area contributed by atoms with Crippen molar-refractivity contribution in [2.24, 2.45) is 0 Å². The van der Waals surface area contributed by atoms with Crippen molar-refractivity contribution in [2.75, 3.05) is 18.0 Å². The Morgan fingerprint density at radius 2 is 1.94 bits per heavy atom. The molecule has 0 N–H and O–H groups in total. The predicted molar refractivity (Wildman–Crippen MR) is 72.5 cm³/mol. The molecule has 1 fully saturated rings. The van der Waals surface area contributed by atoms with Gasteiger partial charge in [0.15, 0.2) is 0 Å². The highest BCUT2D eigenvalue weighted by molar-refractivity contribution is 5.83. The van der Waals surface area contributed by atoms with Crippen molar-refractivity contribution in [1.29, 1.82) is 5.26 Å². The van der Waals surface area contributed by atoms with Crippen LogP contribution in [0.15, 0.2) is 30.5 Å². The molecule has 0 unspecified atom stereocenters. The second-order valence-electron chi connectivity index (χ2n) is 4.76. The highest BCUT2D eigenvalue weighted by Gasteiger charge is 2.11. The summed E-state index contributed by atoms with van der Waals surface area (Å²) in [5.74, 6) is 0. The van der Waals surface area contributed by atoms with Crippen molar-refractivity contribution >= 4 is 16.6 Å². The third kappa shape index (κ3) is 2.02. The van der Waals surface area contributed by atoms with Gasteiger partial charge in [-0.1, -0.05) is 0 Å². The molecular weight excluding hydrogens is 222 g/mol. The van der Waals surface area contributed by atoms with Gasteiger partial charge in [0.05, 0.1) is 11.1 Å². The van der Waals surface area contributed by atoms with E-state index in [2.05, 4.69) is 28.1 Å². The summed E-state index contributed by atoms with van der Waals surface area (Å²) in [7, 11) is 0. The first-order valence-electron chi connectivity index (χ1n) is 6.42. The second kappa shape index (κ2) is 4.66. The van der Waals surface area contributed by atoms with Gasteiger partial charge in [-0.15, -0.1) is 0 Å². The van der Waals surface area contributed by atoms with Gasteiger partial charge in [-0.05, 0) is 43.5 Å². The topological polar surface area (TPSA) is 39.9 Å². The smallest absolute Gasteiger partial charge is 0.101 e. The lowest BCUT2D eigenvalue weighted by molar-refractivity contribution is 0.578. The summed E-state index contributed by atoms with van der Waals surface area (Å²) in [6.45, 7) is 2.27. The van der Waals surface area contributed by atoms with Crippen LogP contribution in [0.2, 0.25) is 0 Å². The monoisotopic (exact) mass is 237 g/mol. The summed E-state index contributed by atoms with van der Waals surface area (Å²) >= 11 is 0. The number of aromatic nitrogens is 1. The molecule has 1 aromatic heterocycles. The molecule has 1 aliphatic rings. The molecule has 18 heavy (non-hydrogen) atoms. The molecule has 90 valence electrons. The Morgan fingerprint density at radius 1 is 1.11 bits per heavy atom. The van der Waals surface area contributed by atoms with Crippen molar-refractivity contribution in [2.45, 2.75) is 19.3 Å². The van der Waals surface area contributed by atoms with Crippen LogP contribution in [-0.4, -0.2) is 18.1 Å². The highest BCUT2D eigenvalue weighted by atomic mass is 15.1. The minimum Gasteiger partial charge on any atom is -0.372 e. The number of hydrogen-bond donors (Lipinski definition) is 0. The molecule has 0 amide bonds. The Hall–Kier alpha value is -2.08. The fourth-order valence-electron chi connectivity index (χ4n) is 2.53. The molecule has 0 bridgehead atoms. The summed E-state index contributed by atoms with van der Waals surface area (Å²) in [6, 6.07) is 10.4. The summed E-state index contributed by atoms with van der Waals surface area (Å²) < 4.78 is 0. The molecule has 2 aromatic rings. The van der Waals surface area contributed by atoms with E-state index >= 15 is 0 Å². The van der Waals surface area contributed by atoms with Gasteiger partial charge in [0.2, 0.25) is 0 Å². The van der Waals surface area contributed by atoms with Crippen LogP contribution in [0.25, 0.3) is 10.9 Å². The third-order valence-corrected chi connectivity index (χ3v) is 3.52. The van der Waals surface area contributed by atoms with Gasteiger partial charge in [-0.2, -0.15) is 5.26 Å². The number of fused-ring (bicyclic) bond motifs is 1. The van der Waals surface area contributed by atoms with Gasteiger partial charge in [-0.3, -0.25) is 4.98 Å². The van der Waals surface area contributed by atoms with E-state index in [4.69, 9.17) is 5.26 Å². The average molecular weight is 237 g/mol. The van der Waals surface area contributed by atoms with Gasteiger partial charge in [0.25, 0.3) is 0 Å². The minimum atomic E-state index is 0.623. The van der Waals surface area contributed by atoms with Gasteiger partial charge >= 0.3 is 0 Å². The fourth-order valence-corrected chi connectivity index (χ4v) is 2.53. The van der Waals surface area contributed by atoms with Gasteiger partial charge in [0, 0.05) is 30.4 Å². The maximum atomic E-state index is 8.91. The summed E-state index contributed by atoms with van der Waals surface area (Å²) in [6.07, 6.45) is 5.51. The maximum Gasteiger partial charge on any atom is 0.101 e. The van der Waals surface area contributed by atoms with Gasteiger partial charge in [-0.25, -0.2) is 0 Å². The number of nitriles is 1. The van der Waals surface area contributed by atoms with Crippen LogP contribution < -0.4 is 4.90 Å². The molecule has 1 aromatic carbocycles. The molecule has 0 spiro atoms. The Kier molecular flexibility index (Phi) is 2.85. The minimum absolute atomic E-state index is 0.623. The van der Waals surface area contributed by atoms with E-state index in [9.17, 15) is 0 Å². The second-order valence-corrected chi connectivity index (χ2v) is 4.76. The molecule has 0 saturated carbocycles. The van der Waals surface area contributed by atoms with E-state index < -0.39 is 0 Å². The zero-order valence-corrected chi connectivity index (χ0v) is 10.3. The van der Waals surface area contributed by atoms with Crippen molar-refractivity contribution in [3.63, 3.8) is 0 Å². The molecule has 1 saturated heterocycles. The van der Waals surface area contributed by atoms with Crippen molar-refractivity contribution in [1.82, 2.24) is 4.98 Å². The molecule has 3 rings (SSSR count). The number of rotatable bonds is 1. The highest BCUT2D eigenvalue weighted by Crippen LogP contribution is 2.24. The lowest BCUT2D eigenvalue weighted by Gasteiger charge is -2.28. The molecular formula is C15H15N3. The number of anilines is 1. The van der Waals surface area contributed by atoms with Crippen molar-refractivity contribution < 1.29 is 0 Å². The fraction of sp³-hybridized carbons (Fsp3) is 0.333. The average Bonchev–Trinajstić information content (AvgIpc) is 2.47.